The summed E-state index contributed by atoms with van der Waals surface area (Å²) in [6.07, 6.45) is 0.548. The number of hydrogen-bond donors (Lipinski definition) is 2. The molecular formula is C13H16F2N2O3. The summed E-state index contributed by atoms with van der Waals surface area (Å²) in [5, 5.41) is 11.9. The van der Waals surface area contributed by atoms with Gasteiger partial charge in [-0.15, -0.1) is 0 Å². The van der Waals surface area contributed by atoms with Crippen LogP contribution in [0.25, 0.3) is 0 Å². The highest BCUT2D eigenvalue weighted by molar-refractivity contribution is 5.98. The highest BCUT2D eigenvalue weighted by atomic mass is 19.1. The van der Waals surface area contributed by atoms with E-state index in [1.54, 1.807) is 6.92 Å². The molecule has 0 aliphatic carbocycles. The van der Waals surface area contributed by atoms with Gasteiger partial charge < -0.3 is 15.3 Å². The Kier molecular flexibility index (Phi) is 5.42. The summed E-state index contributed by atoms with van der Waals surface area (Å²) >= 11 is 0. The van der Waals surface area contributed by atoms with Crippen molar-refractivity contribution < 1.29 is 23.5 Å². The zero-order valence-electron chi connectivity index (χ0n) is 11.2. The van der Waals surface area contributed by atoms with Crippen LogP contribution in [-0.4, -0.2) is 42.0 Å². The molecular weight excluding hydrogens is 270 g/mol. The first kappa shape index (κ1) is 15.9. The molecule has 0 saturated carbocycles. The highest BCUT2D eigenvalue weighted by Gasteiger charge is 2.24. The molecule has 0 unspecified atom stereocenters. The number of hydrogen-bond acceptors (Lipinski definition) is 3. The predicted molar refractivity (Wildman–Crippen MR) is 68.3 cm³/mol. The van der Waals surface area contributed by atoms with E-state index in [-0.39, 0.29) is 13.1 Å². The second kappa shape index (κ2) is 6.83. The zero-order valence-corrected chi connectivity index (χ0v) is 11.2. The number of halogens is 2. The Bertz CT molecular complexity index is 497. The van der Waals surface area contributed by atoms with Crippen molar-refractivity contribution in [2.45, 2.75) is 13.3 Å². The molecule has 1 rings (SSSR count). The summed E-state index contributed by atoms with van der Waals surface area (Å²) in [7, 11) is 1.41. The Hall–Kier alpha value is -2.18. The number of benzene rings is 1. The van der Waals surface area contributed by atoms with Gasteiger partial charge in [0.25, 0.3) is 5.91 Å². The van der Waals surface area contributed by atoms with Crippen molar-refractivity contribution in [3.63, 3.8) is 0 Å². The average Bonchev–Trinajstić information content (AvgIpc) is 2.36. The first-order valence-electron chi connectivity index (χ1n) is 6.08. The lowest BCUT2D eigenvalue weighted by Crippen LogP contribution is -2.40. The number of phenols is 1. The summed E-state index contributed by atoms with van der Waals surface area (Å²) in [6, 6.07) is 1.16. The van der Waals surface area contributed by atoms with E-state index in [9.17, 15) is 23.5 Å². The maximum atomic E-state index is 13.6. The topological polar surface area (TPSA) is 69.6 Å². The Morgan fingerprint density at radius 3 is 2.50 bits per heavy atom. The number of amides is 2. The van der Waals surface area contributed by atoms with Gasteiger partial charge in [-0.25, -0.2) is 8.78 Å². The average molecular weight is 286 g/mol. The van der Waals surface area contributed by atoms with Crippen molar-refractivity contribution in [2.24, 2.45) is 0 Å². The summed E-state index contributed by atoms with van der Waals surface area (Å²) in [5.74, 6) is -4.21. The Labute approximate surface area is 115 Å². The molecule has 110 valence electrons. The standard InChI is InChI=1S/C13H16F2N2O3/c1-3-4-17(7-11(19)16-2)13(20)12-9(15)5-8(14)6-10(12)18/h5-6,18H,3-4,7H2,1-2H3,(H,16,19). The first-order valence-corrected chi connectivity index (χ1v) is 6.08. The SMILES string of the molecule is CCCN(CC(=O)NC)C(=O)c1c(O)cc(F)cc1F. The molecule has 0 aliphatic rings. The summed E-state index contributed by atoms with van der Waals surface area (Å²) in [6.45, 7) is 1.73. The van der Waals surface area contributed by atoms with Crippen LogP contribution in [0.2, 0.25) is 0 Å². The van der Waals surface area contributed by atoms with E-state index < -0.39 is 34.8 Å². The van der Waals surface area contributed by atoms with E-state index in [1.165, 1.54) is 7.05 Å². The second-order valence-electron chi connectivity index (χ2n) is 4.18. The fraction of sp³-hybridized carbons (Fsp3) is 0.385. The maximum absolute atomic E-state index is 13.6. The van der Waals surface area contributed by atoms with Crippen LogP contribution < -0.4 is 5.32 Å². The van der Waals surface area contributed by atoms with Crippen LogP contribution in [0.4, 0.5) is 8.78 Å². The molecule has 7 heteroatoms. The number of phenolic OH excluding ortho intramolecular Hbond substituents is 1. The monoisotopic (exact) mass is 286 g/mol. The van der Waals surface area contributed by atoms with Gasteiger partial charge in [0.15, 0.2) is 0 Å². The number of rotatable bonds is 5. The van der Waals surface area contributed by atoms with Crippen LogP contribution >= 0.6 is 0 Å². The van der Waals surface area contributed by atoms with Crippen LogP contribution in [0.5, 0.6) is 5.75 Å². The predicted octanol–water partition coefficient (Wildman–Crippen LogP) is 1.27. The van der Waals surface area contributed by atoms with Gasteiger partial charge in [0.1, 0.15) is 22.9 Å². The van der Waals surface area contributed by atoms with Crippen LogP contribution in [-0.2, 0) is 4.79 Å². The lowest BCUT2D eigenvalue weighted by atomic mass is 10.1. The fourth-order valence-corrected chi connectivity index (χ4v) is 1.70. The molecule has 0 saturated heterocycles. The molecule has 20 heavy (non-hydrogen) atoms. The molecule has 1 aromatic rings. The normalized spacial score (nSPS) is 10.2. The molecule has 0 atom stereocenters. The molecule has 2 N–H and O–H groups in total. The molecule has 0 radical (unpaired) electrons. The fourth-order valence-electron chi connectivity index (χ4n) is 1.70. The molecule has 0 bridgehead atoms. The lowest BCUT2D eigenvalue weighted by molar-refractivity contribution is -0.121. The van der Waals surface area contributed by atoms with Crippen LogP contribution in [0.3, 0.4) is 0 Å². The van der Waals surface area contributed by atoms with Gasteiger partial charge in [0.05, 0.1) is 6.54 Å². The van der Waals surface area contributed by atoms with Crippen LogP contribution in [0.1, 0.15) is 23.7 Å². The van der Waals surface area contributed by atoms with E-state index in [0.717, 1.165) is 4.90 Å². The number of aromatic hydroxyl groups is 1. The van der Waals surface area contributed by atoms with Gasteiger partial charge >= 0.3 is 0 Å². The van der Waals surface area contributed by atoms with Gasteiger partial charge in [-0.05, 0) is 6.42 Å². The van der Waals surface area contributed by atoms with Gasteiger partial charge in [0, 0.05) is 25.7 Å². The minimum atomic E-state index is -1.16. The number of likely N-dealkylation sites (N-methyl/N-ethyl adjacent to an activating group) is 1. The summed E-state index contributed by atoms with van der Waals surface area (Å²) in [5.41, 5.74) is -0.635. The Morgan fingerprint density at radius 2 is 2.00 bits per heavy atom. The molecule has 5 nitrogen and oxygen atoms in total. The minimum absolute atomic E-state index is 0.211. The van der Waals surface area contributed by atoms with E-state index >= 15 is 0 Å². The van der Waals surface area contributed by atoms with Crippen LogP contribution in [0, 0.1) is 11.6 Å². The molecule has 0 aliphatic heterocycles. The lowest BCUT2D eigenvalue weighted by Gasteiger charge is -2.21. The first-order chi connectivity index (χ1) is 9.40. The van der Waals surface area contributed by atoms with Crippen molar-refractivity contribution in [1.29, 1.82) is 0 Å². The highest BCUT2D eigenvalue weighted by Crippen LogP contribution is 2.23. The van der Waals surface area contributed by atoms with Crippen molar-refractivity contribution in [2.75, 3.05) is 20.1 Å². The van der Waals surface area contributed by atoms with Gasteiger partial charge in [0.2, 0.25) is 5.91 Å². The third-order valence-electron chi connectivity index (χ3n) is 2.64. The van der Waals surface area contributed by atoms with E-state index in [0.29, 0.717) is 18.6 Å². The summed E-state index contributed by atoms with van der Waals surface area (Å²) in [4.78, 5) is 24.6. The van der Waals surface area contributed by atoms with Crippen molar-refractivity contribution in [3.05, 3.63) is 29.3 Å². The summed E-state index contributed by atoms with van der Waals surface area (Å²) < 4.78 is 26.5. The maximum Gasteiger partial charge on any atom is 0.261 e. The molecule has 1 aromatic carbocycles. The van der Waals surface area contributed by atoms with Crippen LogP contribution in [0.15, 0.2) is 12.1 Å². The van der Waals surface area contributed by atoms with E-state index in [1.807, 2.05) is 0 Å². The molecule has 0 fully saturated rings. The molecule has 2 amide bonds. The molecule has 0 aromatic heterocycles. The van der Waals surface area contributed by atoms with Gasteiger partial charge in [-0.1, -0.05) is 6.92 Å². The molecule has 0 heterocycles. The molecule has 0 spiro atoms. The van der Waals surface area contributed by atoms with Crippen molar-refractivity contribution in [1.82, 2.24) is 10.2 Å². The van der Waals surface area contributed by atoms with E-state index in [2.05, 4.69) is 5.32 Å². The minimum Gasteiger partial charge on any atom is -0.507 e. The number of carbonyl (C=O) groups is 2. The second-order valence-corrected chi connectivity index (χ2v) is 4.18. The number of carbonyl (C=O) groups excluding carboxylic acids is 2. The Balaban J connectivity index is 3.09. The number of nitrogens with zero attached hydrogens (tertiary/aromatic N) is 1. The van der Waals surface area contributed by atoms with E-state index in [4.69, 9.17) is 0 Å². The van der Waals surface area contributed by atoms with Crippen molar-refractivity contribution >= 4 is 11.8 Å². The van der Waals surface area contributed by atoms with Gasteiger partial charge in [-0.3, -0.25) is 9.59 Å². The third kappa shape index (κ3) is 3.66. The quantitative estimate of drug-likeness (QED) is 0.856. The largest absolute Gasteiger partial charge is 0.507 e. The third-order valence-corrected chi connectivity index (χ3v) is 2.64. The Morgan fingerprint density at radius 1 is 1.35 bits per heavy atom. The van der Waals surface area contributed by atoms with Crippen molar-refractivity contribution in [3.8, 4) is 5.75 Å². The smallest absolute Gasteiger partial charge is 0.261 e. The number of nitrogens with one attached hydrogen (secondary N) is 1. The zero-order chi connectivity index (χ0) is 15.3. The van der Waals surface area contributed by atoms with Gasteiger partial charge in [-0.2, -0.15) is 0 Å².